The Morgan fingerprint density at radius 1 is 1.31 bits per heavy atom. The number of aliphatic hydroxyl groups is 1. The van der Waals surface area contributed by atoms with E-state index in [1.165, 1.54) is 0 Å². The molecule has 0 amide bonds. The summed E-state index contributed by atoms with van der Waals surface area (Å²) < 4.78 is 10.8. The van der Waals surface area contributed by atoms with Crippen molar-refractivity contribution in [2.24, 2.45) is 4.99 Å². The van der Waals surface area contributed by atoms with Gasteiger partial charge in [0.05, 0.1) is 10.7 Å². The first-order valence-electron chi connectivity index (χ1n) is 9.13. The maximum absolute atomic E-state index is 10.2. The molecule has 7 nitrogen and oxygen atoms in total. The molecule has 2 aromatic rings. The van der Waals surface area contributed by atoms with Gasteiger partial charge in [0, 0.05) is 19.2 Å². The maximum atomic E-state index is 10.2. The molecule has 162 valence electrons. The highest BCUT2D eigenvalue weighted by Gasteiger charge is 2.11. The molecule has 0 saturated carbocycles. The van der Waals surface area contributed by atoms with Crippen molar-refractivity contribution in [1.29, 1.82) is 0 Å². The number of ether oxygens (including phenoxy) is 1. The zero-order valence-corrected chi connectivity index (χ0v) is 20.5. The summed E-state index contributed by atoms with van der Waals surface area (Å²) in [7, 11) is 0. The molecule has 0 saturated heterocycles. The molecule has 29 heavy (non-hydrogen) atoms. The molecular formula is C19H27Cl2IN4O3. The van der Waals surface area contributed by atoms with Gasteiger partial charge >= 0.3 is 0 Å². The second-order valence-electron chi connectivity index (χ2n) is 6.47. The molecule has 0 aliphatic rings. The summed E-state index contributed by atoms with van der Waals surface area (Å²) in [4.78, 5) is 4.44. The maximum Gasteiger partial charge on any atom is 0.191 e. The van der Waals surface area contributed by atoms with Crippen LogP contribution in [0.5, 0.6) is 5.75 Å². The van der Waals surface area contributed by atoms with E-state index in [4.69, 9.17) is 32.5 Å². The van der Waals surface area contributed by atoms with Crippen molar-refractivity contribution >= 4 is 53.1 Å². The topological polar surface area (TPSA) is 91.9 Å². The molecule has 1 atom stereocenters. The van der Waals surface area contributed by atoms with Gasteiger partial charge in [0.15, 0.2) is 11.7 Å². The molecule has 1 heterocycles. The van der Waals surface area contributed by atoms with Crippen LogP contribution < -0.4 is 15.4 Å². The number of rotatable bonds is 9. The fraction of sp³-hybridized carbons (Fsp3) is 0.474. The van der Waals surface area contributed by atoms with Crippen LogP contribution in [-0.2, 0) is 6.54 Å². The highest BCUT2D eigenvalue weighted by Crippen LogP contribution is 2.31. The predicted octanol–water partition coefficient (Wildman–Crippen LogP) is 4.22. The summed E-state index contributed by atoms with van der Waals surface area (Å²) in [6.07, 6.45) is -0.767. The molecule has 10 heteroatoms. The molecule has 0 radical (unpaired) electrons. The van der Waals surface area contributed by atoms with Gasteiger partial charge in [-0.25, -0.2) is 4.99 Å². The zero-order valence-electron chi connectivity index (χ0n) is 16.6. The molecule has 0 spiro atoms. The molecule has 0 fully saturated rings. The number of nitrogens with zero attached hydrogens (tertiary/aromatic N) is 2. The smallest absolute Gasteiger partial charge is 0.191 e. The Bertz CT molecular complexity index is 787. The van der Waals surface area contributed by atoms with Crippen molar-refractivity contribution in [3.63, 3.8) is 0 Å². The summed E-state index contributed by atoms with van der Waals surface area (Å²) in [5.74, 6) is 1.97. The van der Waals surface area contributed by atoms with Crippen LogP contribution >= 0.6 is 47.2 Å². The van der Waals surface area contributed by atoms with E-state index in [-0.39, 0.29) is 37.1 Å². The van der Waals surface area contributed by atoms with E-state index in [1.807, 2.05) is 13.0 Å². The van der Waals surface area contributed by atoms with Crippen LogP contribution in [0.3, 0.4) is 0 Å². The Balaban J connectivity index is 0.00000420. The third-order valence-corrected chi connectivity index (χ3v) is 4.56. The van der Waals surface area contributed by atoms with Crippen molar-refractivity contribution in [2.75, 3.05) is 19.7 Å². The van der Waals surface area contributed by atoms with E-state index in [0.29, 0.717) is 46.5 Å². The third-order valence-electron chi connectivity index (χ3n) is 3.76. The third kappa shape index (κ3) is 8.57. The quantitative estimate of drug-likeness (QED) is 0.243. The monoisotopic (exact) mass is 556 g/mol. The molecule has 3 N–H and O–H groups in total. The minimum absolute atomic E-state index is 0. The minimum atomic E-state index is -0.767. The number of aliphatic imine (C=N–C) groups is 1. The summed E-state index contributed by atoms with van der Waals surface area (Å²) in [6.45, 7) is 7.41. The first kappa shape index (κ1) is 25.8. The van der Waals surface area contributed by atoms with Gasteiger partial charge in [-0.05, 0) is 25.0 Å². The molecule has 0 aliphatic carbocycles. The zero-order chi connectivity index (χ0) is 20.5. The number of hydrogen-bond donors (Lipinski definition) is 3. The van der Waals surface area contributed by atoms with Crippen LogP contribution in [0.15, 0.2) is 33.8 Å². The Hall–Kier alpha value is -1.23. The normalized spacial score (nSPS) is 12.4. The van der Waals surface area contributed by atoms with Crippen LogP contribution in [-0.4, -0.2) is 42.0 Å². The fourth-order valence-corrected chi connectivity index (χ4v) is 2.58. The predicted molar refractivity (Wildman–Crippen MR) is 127 cm³/mol. The van der Waals surface area contributed by atoms with Crippen molar-refractivity contribution in [3.05, 3.63) is 45.8 Å². The average molecular weight is 557 g/mol. The number of guanidine groups is 1. The Morgan fingerprint density at radius 2 is 2.07 bits per heavy atom. The van der Waals surface area contributed by atoms with Crippen LogP contribution in [0.2, 0.25) is 10.0 Å². The highest BCUT2D eigenvalue weighted by atomic mass is 127. The molecule has 1 aromatic heterocycles. The van der Waals surface area contributed by atoms with Gasteiger partial charge in [-0.3, -0.25) is 0 Å². The van der Waals surface area contributed by atoms with Gasteiger partial charge in [0.25, 0.3) is 0 Å². The largest absolute Gasteiger partial charge is 0.489 e. The molecular weight excluding hydrogens is 530 g/mol. The van der Waals surface area contributed by atoms with Gasteiger partial charge in [0.1, 0.15) is 30.0 Å². The number of aromatic nitrogens is 1. The average Bonchev–Trinajstić information content (AvgIpc) is 3.14. The van der Waals surface area contributed by atoms with Gasteiger partial charge in [-0.15, -0.1) is 24.0 Å². The molecule has 1 unspecified atom stereocenters. The first-order valence-corrected chi connectivity index (χ1v) is 9.88. The molecule has 0 bridgehead atoms. The van der Waals surface area contributed by atoms with Crippen LogP contribution in [0.4, 0.5) is 0 Å². The number of halogens is 3. The van der Waals surface area contributed by atoms with E-state index in [2.05, 4.69) is 34.6 Å². The summed E-state index contributed by atoms with van der Waals surface area (Å²) in [6, 6.07) is 7.00. The molecule has 1 aromatic carbocycles. The van der Waals surface area contributed by atoms with Crippen molar-refractivity contribution < 1.29 is 14.4 Å². The lowest BCUT2D eigenvalue weighted by Crippen LogP contribution is -2.42. The van der Waals surface area contributed by atoms with Crippen molar-refractivity contribution in [2.45, 2.75) is 39.3 Å². The van der Waals surface area contributed by atoms with E-state index in [0.717, 1.165) is 5.69 Å². The number of nitrogens with one attached hydrogen (secondary N) is 2. The van der Waals surface area contributed by atoms with E-state index >= 15 is 0 Å². The first-order chi connectivity index (χ1) is 13.4. The lowest BCUT2D eigenvalue weighted by atomic mass is 10.1. The SMILES string of the molecule is CCNC(=NCc1cc(C(C)C)no1)NCC(O)COc1cccc(Cl)c1Cl.I. The van der Waals surface area contributed by atoms with Crippen LogP contribution in [0.25, 0.3) is 0 Å². The van der Waals surface area contributed by atoms with Crippen molar-refractivity contribution in [1.82, 2.24) is 15.8 Å². The fourth-order valence-electron chi connectivity index (χ4n) is 2.23. The molecule has 2 rings (SSSR count). The highest BCUT2D eigenvalue weighted by molar-refractivity contribution is 14.0. The Labute approximate surface area is 198 Å². The Kier molecular flexibility index (Phi) is 11.7. The van der Waals surface area contributed by atoms with E-state index in [9.17, 15) is 5.11 Å². The second-order valence-corrected chi connectivity index (χ2v) is 7.25. The number of aliphatic hydroxyl groups excluding tert-OH is 1. The van der Waals surface area contributed by atoms with Gasteiger partial charge in [0.2, 0.25) is 0 Å². The number of benzene rings is 1. The standard InChI is InChI=1S/C19H26Cl2N4O3.HI/c1-4-22-19(24-10-14-8-16(12(2)3)25-28-14)23-9-13(26)11-27-17-7-5-6-15(20)18(17)21;/h5-8,12-13,26H,4,9-11H2,1-3H3,(H2,22,23,24);1H. The Morgan fingerprint density at radius 3 is 2.72 bits per heavy atom. The van der Waals surface area contributed by atoms with E-state index < -0.39 is 6.10 Å². The van der Waals surface area contributed by atoms with Gasteiger partial charge < -0.3 is 25.0 Å². The number of hydrogen-bond acceptors (Lipinski definition) is 5. The van der Waals surface area contributed by atoms with E-state index in [1.54, 1.807) is 18.2 Å². The molecule has 0 aliphatic heterocycles. The lowest BCUT2D eigenvalue weighted by molar-refractivity contribution is 0.110. The summed E-state index contributed by atoms with van der Waals surface area (Å²) in [5.41, 5.74) is 0.899. The van der Waals surface area contributed by atoms with Crippen LogP contribution in [0, 0.1) is 0 Å². The van der Waals surface area contributed by atoms with Gasteiger partial charge in [-0.1, -0.05) is 48.3 Å². The minimum Gasteiger partial charge on any atom is -0.489 e. The second kappa shape index (κ2) is 13.1. The summed E-state index contributed by atoms with van der Waals surface area (Å²) in [5, 5.41) is 21.1. The van der Waals surface area contributed by atoms with Gasteiger partial charge in [-0.2, -0.15) is 0 Å². The van der Waals surface area contributed by atoms with Crippen molar-refractivity contribution in [3.8, 4) is 5.75 Å². The summed E-state index contributed by atoms with van der Waals surface area (Å²) >= 11 is 12.0. The lowest BCUT2D eigenvalue weighted by Gasteiger charge is -2.16. The van der Waals surface area contributed by atoms with Crippen LogP contribution in [0.1, 0.15) is 38.1 Å².